The lowest BCUT2D eigenvalue weighted by Crippen LogP contribution is -2.55. The maximum absolute atomic E-state index is 8.52. The van der Waals surface area contributed by atoms with Crippen molar-refractivity contribution in [1.82, 2.24) is 0 Å². The zero-order valence-electron chi connectivity index (χ0n) is 9.09. The summed E-state index contributed by atoms with van der Waals surface area (Å²) in [7, 11) is -5.17. The average Bonchev–Trinajstić information content (AvgIpc) is 1.93. The van der Waals surface area contributed by atoms with E-state index in [0.717, 1.165) is 17.8 Å². The molecule has 0 saturated heterocycles. The molecular weight excluding hydrogens is 230 g/mol. The van der Waals surface area contributed by atoms with Crippen molar-refractivity contribution in [3.63, 3.8) is 0 Å². The molecule has 94 valence electrons. The van der Waals surface area contributed by atoms with Crippen molar-refractivity contribution in [2.75, 3.05) is 0 Å². The maximum Gasteiger partial charge on any atom is 0.0311 e. The summed E-state index contributed by atoms with van der Waals surface area (Å²) < 4.78 is 34.1. The van der Waals surface area contributed by atoms with Crippen molar-refractivity contribution in [1.29, 1.82) is 0 Å². The first-order valence-electron chi connectivity index (χ1n) is 5.69. The van der Waals surface area contributed by atoms with Gasteiger partial charge in [-0.1, -0.05) is 0 Å². The van der Waals surface area contributed by atoms with Gasteiger partial charge in [-0.25, -0.2) is 0 Å². The highest BCUT2D eigenvalue weighted by Gasteiger charge is 2.48. The Balaban J connectivity index is 0.000000168. The minimum Gasteiger partial charge on any atom is -0.759 e. The van der Waals surface area contributed by atoms with Gasteiger partial charge in [0.2, 0.25) is 0 Å². The molecule has 0 heterocycles. The van der Waals surface area contributed by atoms with Crippen molar-refractivity contribution in [2.24, 2.45) is 23.5 Å². The molecule has 6 heteroatoms. The Hall–Kier alpha value is -0.170. The van der Waals surface area contributed by atoms with E-state index in [1.807, 2.05) is 0 Å². The molecule has 0 aromatic heterocycles. The van der Waals surface area contributed by atoms with Crippen molar-refractivity contribution < 1.29 is 17.5 Å². The van der Waals surface area contributed by atoms with Crippen molar-refractivity contribution in [3.05, 3.63) is 0 Å². The van der Waals surface area contributed by atoms with Crippen LogP contribution in [0.1, 0.15) is 38.5 Å². The fourth-order valence-corrected chi connectivity index (χ4v) is 4.18. The van der Waals surface area contributed by atoms with E-state index in [1.165, 1.54) is 38.5 Å². The van der Waals surface area contributed by atoms with Crippen molar-refractivity contribution >= 4 is 10.4 Å². The van der Waals surface area contributed by atoms with Crippen LogP contribution < -0.4 is 5.73 Å². The zero-order chi connectivity index (χ0) is 12.0. The molecule has 4 bridgehead atoms. The molecule has 0 unspecified atom stereocenters. The first kappa shape index (κ1) is 12.3. The van der Waals surface area contributed by atoms with Gasteiger partial charge in [0.25, 0.3) is 0 Å². The molecule has 2 N–H and O–H groups in total. The van der Waals surface area contributed by atoms with Gasteiger partial charge in [-0.3, -0.25) is 8.42 Å². The molecule has 5 nitrogen and oxygen atoms in total. The van der Waals surface area contributed by atoms with Gasteiger partial charge in [0.1, 0.15) is 0 Å². The molecule has 4 rings (SSSR count). The van der Waals surface area contributed by atoms with Crippen LogP contribution in [0.4, 0.5) is 0 Å². The average molecular weight is 247 g/mol. The lowest BCUT2D eigenvalue weighted by atomic mass is 9.53. The van der Waals surface area contributed by atoms with E-state index in [9.17, 15) is 0 Å². The van der Waals surface area contributed by atoms with Gasteiger partial charge in [0, 0.05) is 15.9 Å². The summed E-state index contributed by atoms with van der Waals surface area (Å²) in [5, 5.41) is 0. The van der Waals surface area contributed by atoms with Crippen LogP contribution in [0.5, 0.6) is 0 Å². The predicted molar refractivity (Wildman–Crippen MR) is 55.6 cm³/mol. The van der Waals surface area contributed by atoms with Crippen LogP contribution in [0.25, 0.3) is 0 Å². The van der Waals surface area contributed by atoms with E-state index in [2.05, 4.69) is 0 Å². The first-order chi connectivity index (χ1) is 7.23. The van der Waals surface area contributed by atoms with E-state index in [1.54, 1.807) is 0 Å². The molecule has 0 aromatic carbocycles. The number of nitrogens with two attached hydrogens (primary N) is 1. The van der Waals surface area contributed by atoms with Crippen LogP contribution in [0.15, 0.2) is 0 Å². The third kappa shape index (κ3) is 3.16. The lowest BCUT2D eigenvalue weighted by molar-refractivity contribution is 0.000364. The van der Waals surface area contributed by atoms with Crippen LogP contribution in [0, 0.1) is 17.8 Å². The molecule has 4 saturated carbocycles. The Labute approximate surface area is 96.0 Å². The molecule has 0 amide bonds. The third-order valence-electron chi connectivity index (χ3n) is 4.09. The van der Waals surface area contributed by atoms with Gasteiger partial charge < -0.3 is 14.8 Å². The Bertz CT molecular complexity index is 322. The van der Waals surface area contributed by atoms with Crippen LogP contribution in [0.2, 0.25) is 0 Å². The van der Waals surface area contributed by atoms with Crippen LogP contribution >= 0.6 is 0 Å². The predicted octanol–water partition coefficient (Wildman–Crippen LogP) is 0.576. The molecule has 4 fully saturated rings. The highest BCUT2D eigenvalue weighted by Crippen LogP contribution is 2.54. The fourth-order valence-electron chi connectivity index (χ4n) is 4.18. The van der Waals surface area contributed by atoms with Gasteiger partial charge in [-0.2, -0.15) is 0 Å². The summed E-state index contributed by atoms with van der Waals surface area (Å²) in [4.78, 5) is 0. The highest BCUT2D eigenvalue weighted by atomic mass is 32.3. The fraction of sp³-hybridized carbons (Fsp3) is 1.00. The molecule has 4 aliphatic carbocycles. The molecule has 0 aromatic rings. The van der Waals surface area contributed by atoms with Crippen LogP contribution in [-0.4, -0.2) is 23.1 Å². The van der Waals surface area contributed by atoms with Crippen LogP contribution in [-0.2, 0) is 10.4 Å². The second-order valence-corrected chi connectivity index (χ2v) is 6.50. The molecule has 0 radical (unpaired) electrons. The van der Waals surface area contributed by atoms with Gasteiger partial charge in [-0.15, -0.1) is 0 Å². The summed E-state index contributed by atoms with van der Waals surface area (Å²) in [5.74, 6) is 3.06. The lowest BCUT2D eigenvalue weighted by Gasteiger charge is -2.55. The van der Waals surface area contributed by atoms with E-state index in [0.29, 0.717) is 5.54 Å². The topological polar surface area (TPSA) is 106 Å². The second-order valence-electron chi connectivity index (χ2n) is 5.69. The highest BCUT2D eigenvalue weighted by molar-refractivity contribution is 7.79. The van der Waals surface area contributed by atoms with E-state index in [4.69, 9.17) is 23.3 Å². The Morgan fingerprint density at radius 1 is 0.938 bits per heavy atom. The SMILES string of the molecule is NC12CC3CC(CC(C3)C1)C2.O=S(=O)([O-])[O-]. The van der Waals surface area contributed by atoms with Crippen LogP contribution in [0.3, 0.4) is 0 Å². The molecule has 0 aliphatic heterocycles. The Morgan fingerprint density at radius 3 is 1.38 bits per heavy atom. The van der Waals surface area contributed by atoms with Gasteiger partial charge in [0.05, 0.1) is 0 Å². The number of hydrogen-bond donors (Lipinski definition) is 1. The van der Waals surface area contributed by atoms with Crippen molar-refractivity contribution in [3.8, 4) is 0 Å². The molecule has 16 heavy (non-hydrogen) atoms. The summed E-state index contributed by atoms with van der Waals surface area (Å²) in [6.07, 6.45) is 8.57. The van der Waals surface area contributed by atoms with E-state index in [-0.39, 0.29) is 0 Å². The minimum absolute atomic E-state index is 0.300. The van der Waals surface area contributed by atoms with Gasteiger partial charge in [0.15, 0.2) is 0 Å². The maximum atomic E-state index is 8.52. The zero-order valence-corrected chi connectivity index (χ0v) is 9.91. The summed E-state index contributed by atoms with van der Waals surface area (Å²) in [6, 6.07) is 0. The summed E-state index contributed by atoms with van der Waals surface area (Å²) in [6.45, 7) is 0. The van der Waals surface area contributed by atoms with E-state index >= 15 is 0 Å². The third-order valence-corrected chi connectivity index (χ3v) is 4.09. The molecule has 4 aliphatic rings. The van der Waals surface area contributed by atoms with Gasteiger partial charge >= 0.3 is 0 Å². The summed E-state index contributed by atoms with van der Waals surface area (Å²) in [5.41, 5.74) is 6.62. The standard InChI is InChI=1S/C10H17N.H2O4S/c11-10-4-7-1-8(5-10)3-9(2-7)6-10;1-5(2,3)4/h7-9H,1-6,11H2;(H2,1,2,3,4)/p-2. The molecular formula is C10H17NO4S-2. The first-order valence-corrected chi connectivity index (χ1v) is 7.02. The smallest absolute Gasteiger partial charge is 0.0311 e. The molecule has 0 atom stereocenters. The Morgan fingerprint density at radius 2 is 1.19 bits per heavy atom. The quantitative estimate of drug-likeness (QED) is 0.497. The van der Waals surface area contributed by atoms with Crippen molar-refractivity contribution in [2.45, 2.75) is 44.1 Å². The Kier molecular flexibility index (Phi) is 3.03. The monoisotopic (exact) mass is 247 g/mol. The normalized spacial score (nSPS) is 45.1. The van der Waals surface area contributed by atoms with E-state index < -0.39 is 10.4 Å². The number of rotatable bonds is 0. The number of hydrogen-bond acceptors (Lipinski definition) is 5. The summed E-state index contributed by atoms with van der Waals surface area (Å²) >= 11 is 0. The van der Waals surface area contributed by atoms with Gasteiger partial charge in [-0.05, 0) is 56.3 Å². The molecule has 0 spiro atoms. The largest absolute Gasteiger partial charge is 0.759 e. The second kappa shape index (κ2) is 3.94. The minimum atomic E-state index is -5.17.